The molecule has 0 radical (unpaired) electrons. The van der Waals surface area contributed by atoms with Gasteiger partial charge in [0.25, 0.3) is 5.91 Å². The van der Waals surface area contributed by atoms with Gasteiger partial charge < -0.3 is 10.2 Å². The highest BCUT2D eigenvalue weighted by Gasteiger charge is 2.25. The number of halogens is 2. The molecular formula is C18H22ClFN2OS. The van der Waals surface area contributed by atoms with E-state index < -0.39 is 0 Å². The number of carbonyl (C=O) groups is 1. The fraction of sp³-hybridized carbons (Fsp3) is 0.389. The fourth-order valence-corrected chi connectivity index (χ4v) is 4.17. The lowest BCUT2D eigenvalue weighted by atomic mass is 10.1. The van der Waals surface area contributed by atoms with E-state index in [1.54, 1.807) is 12.1 Å². The zero-order valence-corrected chi connectivity index (χ0v) is 15.5. The van der Waals surface area contributed by atoms with E-state index in [-0.39, 0.29) is 24.1 Å². The maximum absolute atomic E-state index is 13.1. The van der Waals surface area contributed by atoms with Crippen LogP contribution in [0.4, 0.5) is 4.39 Å². The second-order valence-corrected chi connectivity index (χ2v) is 7.06. The lowest BCUT2D eigenvalue weighted by molar-refractivity contribution is 0.0703. The van der Waals surface area contributed by atoms with Gasteiger partial charge in [-0.25, -0.2) is 4.39 Å². The van der Waals surface area contributed by atoms with Crippen molar-refractivity contribution >= 4 is 29.7 Å². The van der Waals surface area contributed by atoms with Gasteiger partial charge in [-0.15, -0.1) is 23.7 Å². The summed E-state index contributed by atoms with van der Waals surface area (Å²) in [7, 11) is 1.95. The molecule has 1 unspecified atom stereocenters. The van der Waals surface area contributed by atoms with E-state index in [1.165, 1.54) is 23.5 Å². The zero-order chi connectivity index (χ0) is 16.4. The average Bonchev–Trinajstić information content (AvgIpc) is 2.97. The molecule has 1 aliphatic rings. The quantitative estimate of drug-likeness (QED) is 0.884. The summed E-state index contributed by atoms with van der Waals surface area (Å²) in [5.41, 5.74) is 2.02. The number of aryl methyl sites for hydroxylation is 1. The fourth-order valence-electron chi connectivity index (χ4n) is 3.03. The summed E-state index contributed by atoms with van der Waals surface area (Å²) in [4.78, 5) is 16.5. The molecule has 1 saturated heterocycles. The van der Waals surface area contributed by atoms with Crippen LogP contribution in [0.1, 0.15) is 28.1 Å². The molecule has 3 nitrogen and oxygen atoms in total. The van der Waals surface area contributed by atoms with Crippen molar-refractivity contribution in [2.24, 2.45) is 0 Å². The van der Waals surface area contributed by atoms with Crippen LogP contribution >= 0.6 is 23.7 Å². The minimum atomic E-state index is -0.245. The normalized spacial score (nSPS) is 17.5. The van der Waals surface area contributed by atoms with Crippen LogP contribution < -0.4 is 5.32 Å². The largest absolute Gasteiger partial charge is 0.336 e. The second kappa shape index (κ2) is 8.10. The van der Waals surface area contributed by atoms with Crippen LogP contribution in [0, 0.1) is 12.7 Å². The Bertz CT molecular complexity index is 702. The van der Waals surface area contributed by atoms with Crippen molar-refractivity contribution < 1.29 is 9.18 Å². The maximum Gasteiger partial charge on any atom is 0.264 e. The first-order valence-corrected chi connectivity index (χ1v) is 8.73. The Balaban J connectivity index is 0.00000208. The summed E-state index contributed by atoms with van der Waals surface area (Å²) in [5, 5.41) is 3.26. The van der Waals surface area contributed by atoms with Crippen molar-refractivity contribution in [3.8, 4) is 10.4 Å². The third kappa shape index (κ3) is 3.97. The smallest absolute Gasteiger partial charge is 0.264 e. The van der Waals surface area contributed by atoms with Crippen LogP contribution in [0.5, 0.6) is 0 Å². The van der Waals surface area contributed by atoms with Crippen molar-refractivity contribution in [1.29, 1.82) is 0 Å². The van der Waals surface area contributed by atoms with Crippen LogP contribution in [-0.4, -0.2) is 37.0 Å². The van der Waals surface area contributed by atoms with Gasteiger partial charge in [0, 0.05) is 24.0 Å². The Hall–Kier alpha value is -1.43. The van der Waals surface area contributed by atoms with Crippen LogP contribution in [0.2, 0.25) is 0 Å². The molecule has 1 amide bonds. The molecule has 0 bridgehead atoms. The molecule has 1 aliphatic heterocycles. The first-order chi connectivity index (χ1) is 11.1. The Morgan fingerprint density at radius 3 is 2.71 bits per heavy atom. The summed E-state index contributed by atoms with van der Waals surface area (Å²) >= 11 is 1.49. The Morgan fingerprint density at radius 2 is 2.04 bits per heavy atom. The Kier molecular flexibility index (Phi) is 6.38. The summed E-state index contributed by atoms with van der Waals surface area (Å²) in [6, 6.07) is 8.77. The first kappa shape index (κ1) is 18.9. The van der Waals surface area contributed by atoms with E-state index in [2.05, 4.69) is 5.32 Å². The SMILES string of the molecule is CNC1CCCN(C(=O)c2cc(C)c(-c3ccc(F)cc3)s2)C1.Cl. The number of amides is 1. The lowest BCUT2D eigenvalue weighted by Crippen LogP contribution is -2.46. The van der Waals surface area contributed by atoms with Crippen molar-refractivity contribution in [2.45, 2.75) is 25.8 Å². The number of rotatable bonds is 3. The molecule has 0 spiro atoms. The van der Waals surface area contributed by atoms with Gasteiger partial charge in [-0.2, -0.15) is 0 Å². The molecule has 2 heterocycles. The van der Waals surface area contributed by atoms with Crippen molar-refractivity contribution in [2.75, 3.05) is 20.1 Å². The number of carbonyl (C=O) groups excluding carboxylic acids is 1. The van der Waals surface area contributed by atoms with Gasteiger partial charge in [-0.05, 0) is 56.1 Å². The highest BCUT2D eigenvalue weighted by Crippen LogP contribution is 2.33. The number of likely N-dealkylation sites (N-methyl/N-ethyl adjacent to an activating group) is 1. The molecule has 1 fully saturated rings. The van der Waals surface area contributed by atoms with E-state index >= 15 is 0 Å². The van der Waals surface area contributed by atoms with Crippen LogP contribution in [0.15, 0.2) is 30.3 Å². The Labute approximate surface area is 152 Å². The molecule has 24 heavy (non-hydrogen) atoms. The molecule has 6 heteroatoms. The molecular weight excluding hydrogens is 347 g/mol. The van der Waals surface area contributed by atoms with Gasteiger partial charge in [0.05, 0.1) is 4.88 Å². The molecule has 2 aromatic rings. The molecule has 0 aliphatic carbocycles. The topological polar surface area (TPSA) is 32.3 Å². The van der Waals surface area contributed by atoms with Crippen molar-refractivity contribution in [3.05, 3.63) is 46.6 Å². The van der Waals surface area contributed by atoms with Gasteiger partial charge in [0.1, 0.15) is 5.82 Å². The predicted octanol–water partition coefficient (Wildman–Crippen LogP) is 4.11. The standard InChI is InChI=1S/C18H21FN2OS.ClH/c1-12-10-16(18(22)21-9-3-4-15(11-21)20-2)23-17(12)13-5-7-14(19)8-6-13;/h5-8,10,15,20H,3-4,9,11H2,1-2H3;1H. The molecule has 1 N–H and O–H groups in total. The number of nitrogens with one attached hydrogen (secondary N) is 1. The summed E-state index contributed by atoms with van der Waals surface area (Å²) in [6.07, 6.45) is 2.15. The molecule has 1 aromatic heterocycles. The monoisotopic (exact) mass is 368 g/mol. The number of likely N-dealkylation sites (tertiary alicyclic amines) is 1. The van der Waals surface area contributed by atoms with Gasteiger partial charge in [-0.3, -0.25) is 4.79 Å². The van der Waals surface area contributed by atoms with Crippen LogP contribution in [-0.2, 0) is 0 Å². The van der Waals surface area contributed by atoms with Gasteiger partial charge in [0.15, 0.2) is 0 Å². The predicted molar refractivity (Wildman–Crippen MR) is 99.7 cm³/mol. The molecule has 1 atom stereocenters. The van der Waals surface area contributed by atoms with Gasteiger partial charge in [-0.1, -0.05) is 12.1 Å². The number of benzene rings is 1. The number of hydrogen-bond donors (Lipinski definition) is 1. The summed E-state index contributed by atoms with van der Waals surface area (Å²) in [5.74, 6) is -0.142. The molecule has 3 rings (SSSR count). The number of nitrogens with zero attached hydrogens (tertiary/aromatic N) is 1. The van der Waals surface area contributed by atoms with Gasteiger partial charge >= 0.3 is 0 Å². The molecule has 0 saturated carbocycles. The second-order valence-electron chi connectivity index (χ2n) is 6.01. The zero-order valence-electron chi connectivity index (χ0n) is 13.8. The van der Waals surface area contributed by atoms with Gasteiger partial charge in [0.2, 0.25) is 0 Å². The molecule has 130 valence electrons. The first-order valence-electron chi connectivity index (χ1n) is 7.91. The van der Waals surface area contributed by atoms with E-state index in [9.17, 15) is 9.18 Å². The third-order valence-corrected chi connectivity index (χ3v) is 5.63. The highest BCUT2D eigenvalue weighted by atomic mass is 35.5. The lowest BCUT2D eigenvalue weighted by Gasteiger charge is -2.32. The van der Waals surface area contributed by atoms with E-state index in [1.807, 2.05) is 24.9 Å². The Morgan fingerprint density at radius 1 is 1.33 bits per heavy atom. The van der Waals surface area contributed by atoms with Crippen LogP contribution in [0.3, 0.4) is 0 Å². The minimum absolute atomic E-state index is 0. The molecule has 1 aromatic carbocycles. The van der Waals surface area contributed by atoms with Crippen LogP contribution in [0.25, 0.3) is 10.4 Å². The number of hydrogen-bond acceptors (Lipinski definition) is 3. The number of piperidine rings is 1. The van der Waals surface area contributed by atoms with E-state index in [0.717, 1.165) is 46.8 Å². The van der Waals surface area contributed by atoms with E-state index in [0.29, 0.717) is 6.04 Å². The maximum atomic E-state index is 13.1. The van der Waals surface area contributed by atoms with E-state index in [4.69, 9.17) is 0 Å². The summed E-state index contributed by atoms with van der Waals surface area (Å²) < 4.78 is 13.1. The highest BCUT2D eigenvalue weighted by molar-refractivity contribution is 7.17. The summed E-state index contributed by atoms with van der Waals surface area (Å²) in [6.45, 7) is 3.58. The number of thiophene rings is 1. The van der Waals surface area contributed by atoms with Crippen molar-refractivity contribution in [3.63, 3.8) is 0 Å². The third-order valence-electron chi connectivity index (χ3n) is 4.35. The van der Waals surface area contributed by atoms with Crippen molar-refractivity contribution in [1.82, 2.24) is 10.2 Å². The minimum Gasteiger partial charge on any atom is -0.336 e. The average molecular weight is 369 g/mol.